The summed E-state index contributed by atoms with van der Waals surface area (Å²) in [5.41, 5.74) is 8.16. The maximum atomic E-state index is 14.0. The molecule has 0 saturated heterocycles. The number of halogens is 1. The predicted molar refractivity (Wildman–Crippen MR) is 101 cm³/mol. The second kappa shape index (κ2) is 7.48. The molecule has 3 rings (SSSR count). The van der Waals surface area contributed by atoms with Gasteiger partial charge in [0, 0.05) is 12.1 Å². The number of nitrogens with two attached hydrogens (primary N) is 1. The average Bonchev–Trinajstić information content (AvgIpc) is 3.02. The number of benzene rings is 2. The number of anilines is 1. The zero-order valence-corrected chi connectivity index (χ0v) is 14.6. The van der Waals surface area contributed by atoms with Crippen molar-refractivity contribution in [3.63, 3.8) is 0 Å². The maximum Gasteiger partial charge on any atom is 0.210 e. The number of hydrogen-bond acceptors (Lipinski definition) is 3. The van der Waals surface area contributed by atoms with Crippen molar-refractivity contribution in [2.24, 2.45) is 5.73 Å². The smallest absolute Gasteiger partial charge is 0.210 e. The van der Waals surface area contributed by atoms with E-state index in [1.807, 2.05) is 24.3 Å². The van der Waals surface area contributed by atoms with Crippen LogP contribution in [0, 0.1) is 5.82 Å². The number of aromatic nitrogens is 2. The quantitative estimate of drug-likeness (QED) is 0.661. The van der Waals surface area contributed by atoms with Gasteiger partial charge >= 0.3 is 0 Å². The lowest BCUT2D eigenvalue weighted by Crippen LogP contribution is -2.37. The minimum absolute atomic E-state index is 0.222. The second-order valence-electron chi connectivity index (χ2n) is 5.59. The van der Waals surface area contributed by atoms with E-state index in [4.69, 9.17) is 22.7 Å². The fourth-order valence-electron chi connectivity index (χ4n) is 2.77. The summed E-state index contributed by atoms with van der Waals surface area (Å²) in [4.78, 5) is 9.45. The summed E-state index contributed by atoms with van der Waals surface area (Å²) in [5.74, 6) is 0.866. The van der Waals surface area contributed by atoms with Crippen LogP contribution in [0.5, 0.6) is 5.75 Å². The van der Waals surface area contributed by atoms with Gasteiger partial charge in [-0.2, -0.15) is 0 Å². The molecule has 0 fully saturated rings. The number of ether oxygens (including phenoxy) is 1. The molecule has 1 aromatic heterocycles. The van der Waals surface area contributed by atoms with Crippen LogP contribution in [0.25, 0.3) is 11.0 Å². The van der Waals surface area contributed by atoms with E-state index in [-0.39, 0.29) is 10.9 Å². The number of hydrogen-bond donors (Lipinski definition) is 2. The fraction of sp³-hybridized carbons (Fsp3) is 0.222. The lowest BCUT2D eigenvalue weighted by atomic mass is 10.1. The largest absolute Gasteiger partial charge is 0.496 e. The Balaban J connectivity index is 1.74. The highest BCUT2D eigenvalue weighted by Gasteiger charge is 2.15. The van der Waals surface area contributed by atoms with Crippen molar-refractivity contribution in [3.05, 3.63) is 53.8 Å². The summed E-state index contributed by atoms with van der Waals surface area (Å²) in [6.45, 7) is 0.520. The highest BCUT2D eigenvalue weighted by molar-refractivity contribution is 7.80. The number of rotatable bonds is 6. The highest BCUT2D eigenvalue weighted by atomic mass is 32.1. The molecule has 0 aliphatic rings. The van der Waals surface area contributed by atoms with Gasteiger partial charge < -0.3 is 15.5 Å². The number of methoxy groups -OCH3 is 1. The van der Waals surface area contributed by atoms with Gasteiger partial charge in [0.1, 0.15) is 11.6 Å². The van der Waals surface area contributed by atoms with Crippen LogP contribution < -0.4 is 15.4 Å². The van der Waals surface area contributed by atoms with Gasteiger partial charge in [0.2, 0.25) is 5.95 Å². The molecule has 3 aromatic rings. The summed E-state index contributed by atoms with van der Waals surface area (Å²) in [6, 6.07) is 12.5. The van der Waals surface area contributed by atoms with E-state index in [0.717, 1.165) is 11.0 Å². The van der Waals surface area contributed by atoms with Gasteiger partial charge in [0.25, 0.3) is 0 Å². The molecule has 5 nitrogen and oxygen atoms in total. The first-order valence-corrected chi connectivity index (χ1v) is 8.34. The summed E-state index contributed by atoms with van der Waals surface area (Å²) < 4.78 is 19.3. The van der Waals surface area contributed by atoms with Crippen LogP contribution in [-0.4, -0.2) is 28.7 Å². The molecule has 0 spiro atoms. The van der Waals surface area contributed by atoms with Crippen LogP contribution in [0.1, 0.15) is 12.0 Å². The molecule has 0 unspecified atom stereocenters. The summed E-state index contributed by atoms with van der Waals surface area (Å²) in [6.07, 6.45) is 1.15. The second-order valence-corrected chi connectivity index (χ2v) is 6.01. The number of thiocarbonyl (C=S) groups is 1. The van der Waals surface area contributed by atoms with Crippen LogP contribution in [-0.2, 0) is 6.42 Å². The lowest BCUT2D eigenvalue weighted by molar-refractivity contribution is 0.404. The average molecular weight is 358 g/mol. The molecule has 0 radical (unpaired) electrons. The predicted octanol–water partition coefficient (Wildman–Crippen LogP) is 3.39. The molecular weight excluding hydrogens is 339 g/mol. The zero-order chi connectivity index (χ0) is 17.8. The zero-order valence-electron chi connectivity index (χ0n) is 13.8. The number of nitrogens with zero attached hydrogens (tertiary/aromatic N) is 2. The van der Waals surface area contributed by atoms with Gasteiger partial charge in [0.15, 0.2) is 5.11 Å². The first-order chi connectivity index (χ1) is 12.1. The van der Waals surface area contributed by atoms with E-state index >= 15 is 0 Å². The van der Waals surface area contributed by atoms with E-state index in [2.05, 4.69) is 9.97 Å². The number of aromatic amines is 1. The third kappa shape index (κ3) is 3.71. The van der Waals surface area contributed by atoms with E-state index in [9.17, 15) is 4.39 Å². The molecule has 0 amide bonds. The molecular formula is C18H19FN4OS. The van der Waals surface area contributed by atoms with E-state index in [1.54, 1.807) is 17.0 Å². The Kier molecular flexibility index (Phi) is 5.14. The highest BCUT2D eigenvalue weighted by Crippen LogP contribution is 2.23. The van der Waals surface area contributed by atoms with Crippen LogP contribution in [0.15, 0.2) is 42.5 Å². The molecule has 0 aliphatic carbocycles. The Morgan fingerprint density at radius 2 is 2.08 bits per heavy atom. The fourth-order valence-corrected chi connectivity index (χ4v) is 2.95. The number of H-pyrrole nitrogens is 1. The maximum absolute atomic E-state index is 14.0. The van der Waals surface area contributed by atoms with Crippen molar-refractivity contribution < 1.29 is 9.13 Å². The van der Waals surface area contributed by atoms with Gasteiger partial charge in [-0.3, -0.25) is 4.90 Å². The number of nitrogens with one attached hydrogen (secondary N) is 1. The standard InChI is InChI=1S/C18H19FN4OS/c1-24-16-10-4-7-13(19)12(16)6-5-11-23(17(20)25)18-21-14-8-2-3-9-15(14)22-18/h2-4,7-10H,5-6,11H2,1H3,(H2,20,25)(H,21,22). The Hall–Kier alpha value is -2.67. The van der Waals surface area contributed by atoms with Gasteiger partial charge in [-0.15, -0.1) is 0 Å². The molecule has 3 N–H and O–H groups in total. The van der Waals surface area contributed by atoms with E-state index in [1.165, 1.54) is 13.2 Å². The van der Waals surface area contributed by atoms with Crippen LogP contribution >= 0.6 is 12.2 Å². The summed E-state index contributed by atoms with van der Waals surface area (Å²) >= 11 is 5.15. The normalized spacial score (nSPS) is 10.8. The summed E-state index contributed by atoms with van der Waals surface area (Å²) in [7, 11) is 1.54. The lowest BCUT2D eigenvalue weighted by Gasteiger charge is -2.20. The van der Waals surface area contributed by atoms with Crippen molar-refractivity contribution in [2.75, 3.05) is 18.6 Å². The van der Waals surface area contributed by atoms with Crippen molar-refractivity contribution in [3.8, 4) is 5.75 Å². The van der Waals surface area contributed by atoms with Crippen LogP contribution in [0.3, 0.4) is 0 Å². The van der Waals surface area contributed by atoms with Crippen molar-refractivity contribution >= 4 is 34.3 Å². The molecule has 2 aromatic carbocycles. The third-order valence-electron chi connectivity index (χ3n) is 4.00. The van der Waals surface area contributed by atoms with Crippen LogP contribution in [0.4, 0.5) is 10.3 Å². The minimum atomic E-state index is -0.273. The van der Waals surface area contributed by atoms with Crippen molar-refractivity contribution in [1.82, 2.24) is 9.97 Å². The van der Waals surface area contributed by atoms with E-state index < -0.39 is 0 Å². The Morgan fingerprint density at radius 3 is 2.80 bits per heavy atom. The van der Waals surface area contributed by atoms with Crippen molar-refractivity contribution in [2.45, 2.75) is 12.8 Å². The molecule has 0 aliphatic heterocycles. The molecule has 0 saturated carbocycles. The van der Waals surface area contributed by atoms with Crippen LogP contribution in [0.2, 0.25) is 0 Å². The Bertz CT molecular complexity index is 863. The Labute approximate surface area is 150 Å². The van der Waals surface area contributed by atoms with Gasteiger partial charge in [0.05, 0.1) is 18.1 Å². The first kappa shape index (κ1) is 17.2. The topological polar surface area (TPSA) is 67.2 Å². The number of para-hydroxylation sites is 2. The molecule has 25 heavy (non-hydrogen) atoms. The molecule has 7 heteroatoms. The third-order valence-corrected chi connectivity index (χ3v) is 4.22. The Morgan fingerprint density at radius 1 is 1.28 bits per heavy atom. The van der Waals surface area contributed by atoms with Crippen molar-refractivity contribution in [1.29, 1.82) is 0 Å². The molecule has 0 bridgehead atoms. The van der Waals surface area contributed by atoms with Gasteiger partial charge in [-0.25, -0.2) is 9.37 Å². The summed E-state index contributed by atoms with van der Waals surface area (Å²) in [5, 5.41) is 0.222. The van der Waals surface area contributed by atoms with Gasteiger partial charge in [-0.1, -0.05) is 18.2 Å². The number of fused-ring (bicyclic) bond motifs is 1. The SMILES string of the molecule is COc1cccc(F)c1CCCN(C(N)=S)c1nc2ccccc2[nH]1. The molecule has 130 valence electrons. The number of imidazole rings is 1. The monoisotopic (exact) mass is 358 g/mol. The van der Waals surface area contributed by atoms with Gasteiger partial charge in [-0.05, 0) is 49.3 Å². The molecule has 0 atom stereocenters. The minimum Gasteiger partial charge on any atom is -0.496 e. The first-order valence-electron chi connectivity index (χ1n) is 7.93. The van der Waals surface area contributed by atoms with E-state index in [0.29, 0.717) is 36.6 Å². The molecule has 1 heterocycles.